The van der Waals surface area contributed by atoms with Crippen molar-refractivity contribution in [3.05, 3.63) is 0 Å². The van der Waals surface area contributed by atoms with Gasteiger partial charge in [0.25, 0.3) is 0 Å². The van der Waals surface area contributed by atoms with Gasteiger partial charge in [0.1, 0.15) is 0 Å². The Kier molecular flexibility index (Phi) is 6.44. The van der Waals surface area contributed by atoms with E-state index in [4.69, 9.17) is 5.11 Å². The number of likely N-dealkylation sites (N-methyl/N-ethyl adjacent to an activating group) is 2. The van der Waals surface area contributed by atoms with Gasteiger partial charge in [-0.1, -0.05) is 0 Å². The van der Waals surface area contributed by atoms with E-state index in [2.05, 4.69) is 5.32 Å². The Morgan fingerprint density at radius 1 is 1.20 bits per heavy atom. The lowest BCUT2D eigenvalue weighted by molar-refractivity contribution is -0.137. The molecule has 2 N–H and O–H groups in total. The van der Waals surface area contributed by atoms with Crippen LogP contribution in [0.5, 0.6) is 0 Å². The molecule has 0 aromatic rings. The molecule has 0 unspecified atom stereocenters. The number of carbonyl (C=O) groups is 3. The van der Waals surface area contributed by atoms with Crippen LogP contribution in [0.1, 0.15) is 25.7 Å². The van der Waals surface area contributed by atoms with E-state index in [1.807, 2.05) is 0 Å². The van der Waals surface area contributed by atoms with Crippen molar-refractivity contribution in [2.24, 2.45) is 0 Å². The summed E-state index contributed by atoms with van der Waals surface area (Å²) in [5, 5.41) is 11.4. The van der Waals surface area contributed by atoms with Crippen molar-refractivity contribution in [1.82, 2.24) is 15.1 Å². The van der Waals surface area contributed by atoms with Gasteiger partial charge < -0.3 is 15.3 Å². The quantitative estimate of drug-likeness (QED) is 0.597. The van der Waals surface area contributed by atoms with Crippen molar-refractivity contribution >= 4 is 17.8 Å². The fourth-order valence-corrected chi connectivity index (χ4v) is 1.74. The SMILES string of the molecule is CN(CCCC(=O)O)CC(=O)N(C)CC(=O)NC1CC1. The van der Waals surface area contributed by atoms with Crippen LogP contribution in [0.4, 0.5) is 0 Å². The smallest absolute Gasteiger partial charge is 0.303 e. The number of carboxylic acid groups (broad SMARTS) is 1. The van der Waals surface area contributed by atoms with Crippen molar-refractivity contribution in [3.8, 4) is 0 Å². The summed E-state index contributed by atoms with van der Waals surface area (Å²) in [6, 6.07) is 0.296. The molecule has 20 heavy (non-hydrogen) atoms. The topological polar surface area (TPSA) is 90.0 Å². The van der Waals surface area contributed by atoms with E-state index in [-0.39, 0.29) is 31.3 Å². The number of carbonyl (C=O) groups excluding carboxylic acids is 2. The van der Waals surface area contributed by atoms with Crippen LogP contribution in [0, 0.1) is 0 Å². The van der Waals surface area contributed by atoms with Gasteiger partial charge in [-0.2, -0.15) is 0 Å². The molecule has 114 valence electrons. The van der Waals surface area contributed by atoms with Crippen LogP contribution < -0.4 is 5.32 Å². The van der Waals surface area contributed by atoms with Crippen molar-refractivity contribution in [1.29, 1.82) is 0 Å². The van der Waals surface area contributed by atoms with Crippen molar-refractivity contribution in [2.75, 3.05) is 33.7 Å². The highest BCUT2D eigenvalue weighted by Crippen LogP contribution is 2.18. The normalized spacial score (nSPS) is 14.2. The molecule has 1 aliphatic rings. The summed E-state index contributed by atoms with van der Waals surface area (Å²) in [4.78, 5) is 37.0. The maximum Gasteiger partial charge on any atom is 0.303 e. The molecule has 0 bridgehead atoms. The van der Waals surface area contributed by atoms with Crippen molar-refractivity contribution in [2.45, 2.75) is 31.7 Å². The van der Waals surface area contributed by atoms with Gasteiger partial charge in [-0.05, 0) is 32.9 Å². The molecule has 0 atom stereocenters. The molecule has 1 saturated carbocycles. The van der Waals surface area contributed by atoms with E-state index in [0.717, 1.165) is 12.8 Å². The number of hydrogen-bond donors (Lipinski definition) is 2. The summed E-state index contributed by atoms with van der Waals surface area (Å²) in [5.41, 5.74) is 0. The molecule has 2 amide bonds. The van der Waals surface area contributed by atoms with Gasteiger partial charge in [0.05, 0.1) is 13.1 Å². The van der Waals surface area contributed by atoms with Gasteiger partial charge in [-0.3, -0.25) is 19.3 Å². The van der Waals surface area contributed by atoms with Gasteiger partial charge >= 0.3 is 5.97 Å². The minimum atomic E-state index is -0.835. The Morgan fingerprint density at radius 2 is 1.85 bits per heavy atom. The van der Waals surface area contributed by atoms with Crippen LogP contribution >= 0.6 is 0 Å². The van der Waals surface area contributed by atoms with Crippen LogP contribution in [0.15, 0.2) is 0 Å². The first kappa shape index (κ1) is 16.4. The molecule has 0 aliphatic heterocycles. The fourth-order valence-electron chi connectivity index (χ4n) is 1.74. The number of rotatable bonds is 9. The summed E-state index contributed by atoms with van der Waals surface area (Å²) in [6.07, 6.45) is 2.65. The summed E-state index contributed by atoms with van der Waals surface area (Å²) >= 11 is 0. The highest BCUT2D eigenvalue weighted by Gasteiger charge is 2.24. The van der Waals surface area contributed by atoms with Gasteiger partial charge in [0.2, 0.25) is 11.8 Å². The van der Waals surface area contributed by atoms with E-state index >= 15 is 0 Å². The lowest BCUT2D eigenvalue weighted by atomic mass is 10.3. The second-order valence-electron chi connectivity index (χ2n) is 5.33. The van der Waals surface area contributed by atoms with Gasteiger partial charge in [-0.15, -0.1) is 0 Å². The molecule has 0 aromatic carbocycles. The van der Waals surface area contributed by atoms with Crippen LogP contribution in [-0.4, -0.2) is 72.5 Å². The zero-order valence-electron chi connectivity index (χ0n) is 12.1. The molecule has 1 rings (SSSR count). The van der Waals surface area contributed by atoms with Gasteiger partial charge in [0.15, 0.2) is 0 Å². The first-order valence-electron chi connectivity index (χ1n) is 6.82. The standard InChI is InChI=1S/C13H23N3O4/c1-15(7-3-4-13(19)20)9-12(18)16(2)8-11(17)14-10-5-6-10/h10H,3-9H2,1-2H3,(H,14,17)(H,19,20). The molecule has 0 aromatic heterocycles. The number of nitrogens with one attached hydrogen (secondary N) is 1. The lowest BCUT2D eigenvalue weighted by Crippen LogP contribution is -2.43. The Labute approximate surface area is 118 Å². The Bertz CT molecular complexity index is 369. The minimum absolute atomic E-state index is 0.0678. The Balaban J connectivity index is 2.18. The fraction of sp³-hybridized carbons (Fsp3) is 0.769. The van der Waals surface area contributed by atoms with E-state index in [0.29, 0.717) is 19.0 Å². The Hall–Kier alpha value is -1.63. The zero-order valence-corrected chi connectivity index (χ0v) is 12.1. The maximum absolute atomic E-state index is 11.9. The number of amides is 2. The molecule has 0 spiro atoms. The van der Waals surface area contributed by atoms with Gasteiger partial charge in [0, 0.05) is 19.5 Å². The Morgan fingerprint density at radius 3 is 2.40 bits per heavy atom. The molecular weight excluding hydrogens is 262 g/mol. The monoisotopic (exact) mass is 285 g/mol. The summed E-state index contributed by atoms with van der Waals surface area (Å²) in [5.74, 6) is -1.11. The summed E-state index contributed by atoms with van der Waals surface area (Å²) < 4.78 is 0. The molecule has 7 nitrogen and oxygen atoms in total. The second-order valence-corrected chi connectivity index (χ2v) is 5.33. The average Bonchev–Trinajstić information content (AvgIpc) is 3.11. The van der Waals surface area contributed by atoms with E-state index in [1.165, 1.54) is 4.90 Å². The number of hydrogen-bond acceptors (Lipinski definition) is 4. The highest BCUT2D eigenvalue weighted by atomic mass is 16.4. The third-order valence-electron chi connectivity index (χ3n) is 3.08. The molecule has 0 radical (unpaired) electrons. The molecule has 0 heterocycles. The predicted octanol–water partition coefficient (Wildman–Crippen LogP) is -0.480. The lowest BCUT2D eigenvalue weighted by Gasteiger charge is -2.21. The molecule has 1 aliphatic carbocycles. The molecule has 7 heteroatoms. The largest absolute Gasteiger partial charge is 0.481 e. The second kappa shape index (κ2) is 7.84. The van der Waals surface area contributed by atoms with E-state index in [9.17, 15) is 14.4 Å². The average molecular weight is 285 g/mol. The molecular formula is C13H23N3O4. The van der Waals surface area contributed by atoms with Crippen LogP contribution in [-0.2, 0) is 14.4 Å². The van der Waals surface area contributed by atoms with Crippen LogP contribution in [0.3, 0.4) is 0 Å². The van der Waals surface area contributed by atoms with Gasteiger partial charge in [-0.25, -0.2) is 0 Å². The summed E-state index contributed by atoms with van der Waals surface area (Å²) in [7, 11) is 3.36. The predicted molar refractivity (Wildman–Crippen MR) is 73.2 cm³/mol. The highest BCUT2D eigenvalue weighted by molar-refractivity contribution is 5.85. The third kappa shape index (κ3) is 7.08. The minimum Gasteiger partial charge on any atom is -0.481 e. The first-order valence-corrected chi connectivity index (χ1v) is 6.82. The van der Waals surface area contributed by atoms with Crippen LogP contribution in [0.2, 0.25) is 0 Å². The van der Waals surface area contributed by atoms with Crippen LogP contribution in [0.25, 0.3) is 0 Å². The summed E-state index contributed by atoms with van der Waals surface area (Å²) in [6.45, 7) is 0.797. The molecule has 1 fully saturated rings. The van der Waals surface area contributed by atoms with E-state index < -0.39 is 5.97 Å². The first-order chi connectivity index (χ1) is 9.38. The zero-order chi connectivity index (χ0) is 15.1. The number of carboxylic acids is 1. The molecule has 0 saturated heterocycles. The number of aliphatic carboxylic acids is 1. The number of nitrogens with zero attached hydrogens (tertiary/aromatic N) is 2. The van der Waals surface area contributed by atoms with Crippen molar-refractivity contribution in [3.63, 3.8) is 0 Å². The van der Waals surface area contributed by atoms with Crippen molar-refractivity contribution < 1.29 is 19.5 Å². The third-order valence-corrected chi connectivity index (χ3v) is 3.08. The van der Waals surface area contributed by atoms with E-state index in [1.54, 1.807) is 19.0 Å². The maximum atomic E-state index is 11.9.